The van der Waals surface area contributed by atoms with Gasteiger partial charge in [-0.2, -0.15) is 5.10 Å². The largest absolute Gasteiger partial charge is 0.394 e. The number of rotatable bonds is 5. The molecule has 0 aliphatic carbocycles. The van der Waals surface area contributed by atoms with Crippen molar-refractivity contribution in [2.75, 3.05) is 23.1 Å². The first-order chi connectivity index (χ1) is 7.45. The van der Waals surface area contributed by atoms with E-state index in [0.29, 0.717) is 11.4 Å². The molecule has 2 atom stereocenters. The van der Waals surface area contributed by atoms with Crippen LogP contribution < -0.4 is 11.1 Å². The van der Waals surface area contributed by atoms with Crippen molar-refractivity contribution >= 4 is 22.3 Å². The third-order valence-corrected chi connectivity index (χ3v) is 3.33. The van der Waals surface area contributed by atoms with E-state index >= 15 is 0 Å². The Morgan fingerprint density at radius 1 is 1.62 bits per heavy atom. The van der Waals surface area contributed by atoms with Crippen molar-refractivity contribution < 1.29 is 4.21 Å². The van der Waals surface area contributed by atoms with Gasteiger partial charge in [0.2, 0.25) is 0 Å². The molecule has 92 valence electrons. The summed E-state index contributed by atoms with van der Waals surface area (Å²) >= 11 is 0. The van der Waals surface area contributed by atoms with Crippen molar-refractivity contribution in [3.63, 3.8) is 0 Å². The third kappa shape index (κ3) is 2.98. The highest BCUT2D eigenvalue weighted by Crippen LogP contribution is 2.22. The molecule has 0 amide bonds. The predicted molar refractivity (Wildman–Crippen MR) is 69.0 cm³/mol. The van der Waals surface area contributed by atoms with Gasteiger partial charge in [-0.15, -0.1) is 0 Å². The Labute approximate surface area is 98.9 Å². The number of aryl methyl sites for hydroxylation is 2. The van der Waals surface area contributed by atoms with Crippen LogP contribution in [0, 0.1) is 0 Å². The SMILES string of the molecule is CCc1nn(C)c(NC(C)CS(C)=O)c1N. The number of aromatic nitrogens is 2. The fourth-order valence-electron chi connectivity index (χ4n) is 1.66. The van der Waals surface area contributed by atoms with Crippen LogP contribution in [0.15, 0.2) is 0 Å². The zero-order valence-corrected chi connectivity index (χ0v) is 11.1. The molecule has 2 unspecified atom stereocenters. The molecule has 0 saturated carbocycles. The monoisotopic (exact) mass is 244 g/mol. The molecular weight excluding hydrogens is 224 g/mol. The summed E-state index contributed by atoms with van der Waals surface area (Å²) in [6.45, 7) is 4.01. The molecule has 0 bridgehead atoms. The maximum atomic E-state index is 11.1. The molecule has 1 rings (SSSR count). The summed E-state index contributed by atoms with van der Waals surface area (Å²) in [5, 5.41) is 7.56. The molecule has 3 N–H and O–H groups in total. The Hall–Kier alpha value is -1.04. The molecule has 0 aliphatic rings. The van der Waals surface area contributed by atoms with E-state index in [9.17, 15) is 4.21 Å². The second kappa shape index (κ2) is 5.34. The van der Waals surface area contributed by atoms with Gasteiger partial charge in [0.05, 0.1) is 11.4 Å². The van der Waals surface area contributed by atoms with Crippen molar-refractivity contribution in [1.29, 1.82) is 0 Å². The Morgan fingerprint density at radius 3 is 2.69 bits per heavy atom. The number of nitrogens with one attached hydrogen (secondary N) is 1. The minimum atomic E-state index is -0.811. The van der Waals surface area contributed by atoms with Crippen LogP contribution in [0.5, 0.6) is 0 Å². The van der Waals surface area contributed by atoms with E-state index < -0.39 is 10.8 Å². The lowest BCUT2D eigenvalue weighted by Crippen LogP contribution is -2.24. The average Bonchev–Trinajstić information content (AvgIpc) is 2.44. The van der Waals surface area contributed by atoms with Crippen LogP contribution in [-0.2, 0) is 24.3 Å². The summed E-state index contributed by atoms with van der Waals surface area (Å²) in [4.78, 5) is 0. The maximum absolute atomic E-state index is 11.1. The highest BCUT2D eigenvalue weighted by molar-refractivity contribution is 7.84. The molecule has 0 aliphatic heterocycles. The molecule has 0 spiro atoms. The smallest absolute Gasteiger partial charge is 0.148 e. The molecular formula is C10H20N4OS. The van der Waals surface area contributed by atoms with Crippen molar-refractivity contribution in [3.05, 3.63) is 5.69 Å². The summed E-state index contributed by atoms with van der Waals surface area (Å²) in [6.07, 6.45) is 2.51. The zero-order chi connectivity index (χ0) is 12.3. The number of anilines is 2. The molecule has 0 fully saturated rings. The Kier molecular flexibility index (Phi) is 4.35. The molecule has 0 aromatic carbocycles. The lowest BCUT2D eigenvalue weighted by molar-refractivity contribution is 0.681. The Balaban J connectivity index is 2.80. The standard InChI is InChI=1S/C10H20N4OS/c1-5-8-9(11)10(14(3)13-8)12-7(2)6-16(4)15/h7,12H,5-6,11H2,1-4H3. The van der Waals surface area contributed by atoms with Gasteiger partial charge in [-0.1, -0.05) is 6.92 Å². The minimum Gasteiger partial charge on any atom is -0.394 e. The number of nitrogens with zero attached hydrogens (tertiary/aromatic N) is 2. The number of nitrogen functional groups attached to an aromatic ring is 1. The summed E-state index contributed by atoms with van der Waals surface area (Å²) in [5.74, 6) is 1.42. The first-order valence-corrected chi connectivity index (χ1v) is 7.06. The summed E-state index contributed by atoms with van der Waals surface area (Å²) in [7, 11) is 1.04. The third-order valence-electron chi connectivity index (χ3n) is 2.36. The maximum Gasteiger partial charge on any atom is 0.148 e. The second-order valence-corrected chi connectivity index (χ2v) is 5.45. The molecule has 16 heavy (non-hydrogen) atoms. The van der Waals surface area contributed by atoms with Gasteiger partial charge in [-0.05, 0) is 13.3 Å². The van der Waals surface area contributed by atoms with Gasteiger partial charge in [-0.3, -0.25) is 8.89 Å². The summed E-state index contributed by atoms with van der Waals surface area (Å²) in [6, 6.07) is 0.119. The molecule has 6 heteroatoms. The van der Waals surface area contributed by atoms with Crippen LogP contribution in [0.1, 0.15) is 19.5 Å². The van der Waals surface area contributed by atoms with Crippen LogP contribution in [0.2, 0.25) is 0 Å². The molecule has 1 aromatic heterocycles. The van der Waals surface area contributed by atoms with Crippen LogP contribution >= 0.6 is 0 Å². The van der Waals surface area contributed by atoms with Crippen molar-refractivity contribution in [2.24, 2.45) is 7.05 Å². The molecule has 1 aromatic rings. The first kappa shape index (κ1) is 13.0. The van der Waals surface area contributed by atoms with Gasteiger partial charge in [0.25, 0.3) is 0 Å². The molecule has 5 nitrogen and oxygen atoms in total. The van der Waals surface area contributed by atoms with Crippen LogP contribution in [0.25, 0.3) is 0 Å². The summed E-state index contributed by atoms with van der Waals surface area (Å²) in [5.41, 5.74) is 7.56. The van der Waals surface area contributed by atoms with Crippen molar-refractivity contribution in [2.45, 2.75) is 26.3 Å². The lowest BCUT2D eigenvalue weighted by Gasteiger charge is -2.14. The Bertz CT molecular complexity index is 388. The van der Waals surface area contributed by atoms with E-state index in [4.69, 9.17) is 5.73 Å². The fourth-order valence-corrected chi connectivity index (χ4v) is 2.44. The van der Waals surface area contributed by atoms with Gasteiger partial charge in [0, 0.05) is 35.9 Å². The average molecular weight is 244 g/mol. The topological polar surface area (TPSA) is 72.9 Å². The van der Waals surface area contributed by atoms with Gasteiger partial charge >= 0.3 is 0 Å². The minimum absolute atomic E-state index is 0.119. The highest BCUT2D eigenvalue weighted by atomic mass is 32.2. The van der Waals surface area contributed by atoms with E-state index in [1.54, 1.807) is 10.9 Å². The van der Waals surface area contributed by atoms with E-state index in [2.05, 4.69) is 10.4 Å². The van der Waals surface area contributed by atoms with E-state index in [1.807, 2.05) is 20.9 Å². The Morgan fingerprint density at radius 2 is 2.25 bits per heavy atom. The molecule has 1 heterocycles. The number of nitrogens with two attached hydrogens (primary N) is 1. The van der Waals surface area contributed by atoms with E-state index in [-0.39, 0.29) is 6.04 Å². The van der Waals surface area contributed by atoms with Crippen molar-refractivity contribution in [1.82, 2.24) is 9.78 Å². The normalized spacial score (nSPS) is 14.8. The zero-order valence-electron chi connectivity index (χ0n) is 10.3. The van der Waals surface area contributed by atoms with Crippen molar-refractivity contribution in [3.8, 4) is 0 Å². The quantitative estimate of drug-likeness (QED) is 0.801. The van der Waals surface area contributed by atoms with Gasteiger partial charge in [0.15, 0.2) is 0 Å². The fraction of sp³-hybridized carbons (Fsp3) is 0.700. The molecule has 0 radical (unpaired) electrons. The summed E-state index contributed by atoms with van der Waals surface area (Å²) < 4.78 is 12.8. The van der Waals surface area contributed by atoms with Gasteiger partial charge < -0.3 is 11.1 Å². The van der Waals surface area contributed by atoms with Crippen LogP contribution in [-0.4, -0.2) is 32.0 Å². The predicted octanol–water partition coefficient (Wildman–Crippen LogP) is 0.744. The number of hydrogen-bond donors (Lipinski definition) is 2. The van der Waals surface area contributed by atoms with Gasteiger partial charge in [0.1, 0.15) is 5.82 Å². The first-order valence-electron chi connectivity index (χ1n) is 5.33. The van der Waals surface area contributed by atoms with E-state index in [1.165, 1.54) is 0 Å². The van der Waals surface area contributed by atoms with Crippen LogP contribution in [0.4, 0.5) is 11.5 Å². The van der Waals surface area contributed by atoms with Crippen LogP contribution in [0.3, 0.4) is 0 Å². The van der Waals surface area contributed by atoms with Gasteiger partial charge in [-0.25, -0.2) is 0 Å². The number of hydrogen-bond acceptors (Lipinski definition) is 4. The second-order valence-electron chi connectivity index (χ2n) is 3.97. The lowest BCUT2D eigenvalue weighted by atomic mass is 10.3. The van der Waals surface area contributed by atoms with E-state index in [0.717, 1.165) is 17.9 Å². The molecule has 0 saturated heterocycles. The highest BCUT2D eigenvalue weighted by Gasteiger charge is 2.14.